The Balaban J connectivity index is 1.58. The third-order valence-electron chi connectivity index (χ3n) is 3.71. The Morgan fingerprint density at radius 3 is 2.78 bits per heavy atom. The molecule has 23 heavy (non-hydrogen) atoms. The second-order valence-electron chi connectivity index (χ2n) is 5.47. The van der Waals surface area contributed by atoms with Crippen LogP contribution in [0.15, 0.2) is 52.2 Å². The molecule has 1 aliphatic heterocycles. The highest BCUT2D eigenvalue weighted by molar-refractivity contribution is 5.13. The Morgan fingerprint density at radius 2 is 2.04 bits per heavy atom. The van der Waals surface area contributed by atoms with Crippen molar-refractivity contribution in [3.8, 4) is 0 Å². The molecule has 2 N–H and O–H groups in total. The zero-order valence-electron chi connectivity index (χ0n) is 12.4. The van der Waals surface area contributed by atoms with Gasteiger partial charge in [-0.2, -0.15) is 0 Å². The second kappa shape index (κ2) is 6.91. The molecule has 1 aromatic carbocycles. The number of hydrogen-bond acceptors (Lipinski definition) is 5. The van der Waals surface area contributed by atoms with E-state index < -0.39 is 23.6 Å². The van der Waals surface area contributed by atoms with Gasteiger partial charge >= 0.3 is 5.69 Å². The van der Waals surface area contributed by atoms with Crippen molar-refractivity contribution < 1.29 is 14.6 Å². The van der Waals surface area contributed by atoms with Gasteiger partial charge in [-0.3, -0.25) is 14.3 Å². The van der Waals surface area contributed by atoms with Gasteiger partial charge in [-0.1, -0.05) is 30.3 Å². The third kappa shape index (κ3) is 3.76. The van der Waals surface area contributed by atoms with Gasteiger partial charge in [-0.05, 0) is 5.56 Å². The number of nitrogens with one attached hydrogen (secondary N) is 1. The first-order valence-corrected chi connectivity index (χ1v) is 7.40. The van der Waals surface area contributed by atoms with E-state index in [1.54, 1.807) is 0 Å². The molecule has 1 aliphatic rings. The maximum atomic E-state index is 11.8. The predicted molar refractivity (Wildman–Crippen MR) is 82.0 cm³/mol. The summed E-state index contributed by atoms with van der Waals surface area (Å²) < 4.78 is 12.5. The van der Waals surface area contributed by atoms with E-state index in [0.717, 1.165) is 5.56 Å². The number of aliphatic hydroxyl groups is 1. The maximum absolute atomic E-state index is 11.8. The predicted octanol–water partition coefficient (Wildman–Crippen LogP) is 0.402. The van der Waals surface area contributed by atoms with Gasteiger partial charge in [0.2, 0.25) is 0 Å². The standard InChI is InChI=1S/C16H18N2O5/c19-13-8-12(10-22-9-11-4-2-1-3-5-11)23-15(13)18-7-6-14(20)17-16(18)21/h1-7,12-13,15,19H,8-10H2,(H,17,20,21). The summed E-state index contributed by atoms with van der Waals surface area (Å²) in [4.78, 5) is 25.0. The van der Waals surface area contributed by atoms with Crippen LogP contribution in [0.3, 0.4) is 0 Å². The van der Waals surface area contributed by atoms with Crippen LogP contribution in [0.1, 0.15) is 18.2 Å². The van der Waals surface area contributed by atoms with Crippen molar-refractivity contribution in [2.24, 2.45) is 0 Å². The van der Waals surface area contributed by atoms with Crippen LogP contribution in [0, 0.1) is 0 Å². The van der Waals surface area contributed by atoms with Crippen LogP contribution < -0.4 is 11.2 Å². The molecule has 1 fully saturated rings. The van der Waals surface area contributed by atoms with Gasteiger partial charge in [0.15, 0.2) is 6.23 Å². The van der Waals surface area contributed by atoms with Crippen molar-refractivity contribution in [3.63, 3.8) is 0 Å². The number of ether oxygens (including phenoxy) is 2. The summed E-state index contributed by atoms with van der Waals surface area (Å²) in [6, 6.07) is 11.0. The molecule has 3 atom stereocenters. The Labute approximate surface area is 132 Å². The number of aromatic nitrogens is 2. The van der Waals surface area contributed by atoms with Crippen LogP contribution in [-0.4, -0.2) is 33.5 Å². The topological polar surface area (TPSA) is 93.5 Å². The Bertz CT molecular complexity index is 755. The molecule has 1 saturated heterocycles. The van der Waals surface area contributed by atoms with Crippen molar-refractivity contribution in [3.05, 3.63) is 69.0 Å². The van der Waals surface area contributed by atoms with Gasteiger partial charge in [-0.15, -0.1) is 0 Å². The molecule has 7 heteroatoms. The molecular weight excluding hydrogens is 300 g/mol. The first-order chi connectivity index (χ1) is 11.1. The highest BCUT2D eigenvalue weighted by atomic mass is 16.6. The first-order valence-electron chi connectivity index (χ1n) is 7.40. The highest BCUT2D eigenvalue weighted by Gasteiger charge is 2.35. The van der Waals surface area contributed by atoms with Gasteiger partial charge in [0.1, 0.15) is 6.10 Å². The largest absolute Gasteiger partial charge is 0.388 e. The maximum Gasteiger partial charge on any atom is 0.330 e. The third-order valence-corrected chi connectivity index (χ3v) is 3.71. The lowest BCUT2D eigenvalue weighted by Crippen LogP contribution is -2.34. The zero-order valence-corrected chi connectivity index (χ0v) is 12.4. The van der Waals surface area contributed by atoms with Crippen LogP contribution in [0.2, 0.25) is 0 Å². The molecule has 122 valence electrons. The molecule has 7 nitrogen and oxygen atoms in total. The van der Waals surface area contributed by atoms with Gasteiger partial charge in [0.25, 0.3) is 5.56 Å². The number of benzene rings is 1. The molecule has 2 heterocycles. The van der Waals surface area contributed by atoms with E-state index in [1.807, 2.05) is 30.3 Å². The number of nitrogens with zero attached hydrogens (tertiary/aromatic N) is 1. The first kappa shape index (κ1) is 15.7. The fraction of sp³-hybridized carbons (Fsp3) is 0.375. The van der Waals surface area contributed by atoms with E-state index in [2.05, 4.69) is 4.98 Å². The van der Waals surface area contributed by atoms with Gasteiger partial charge < -0.3 is 14.6 Å². The lowest BCUT2D eigenvalue weighted by Gasteiger charge is -2.17. The van der Waals surface area contributed by atoms with E-state index >= 15 is 0 Å². The van der Waals surface area contributed by atoms with Gasteiger partial charge in [0, 0.05) is 18.7 Å². The minimum absolute atomic E-state index is 0.308. The minimum Gasteiger partial charge on any atom is -0.388 e. The fourth-order valence-corrected chi connectivity index (χ4v) is 2.60. The molecule has 3 unspecified atom stereocenters. The molecular formula is C16H18N2O5. The Kier molecular flexibility index (Phi) is 4.71. The van der Waals surface area contributed by atoms with Crippen LogP contribution in [-0.2, 0) is 16.1 Å². The van der Waals surface area contributed by atoms with Crippen LogP contribution in [0.5, 0.6) is 0 Å². The van der Waals surface area contributed by atoms with Crippen LogP contribution in [0.4, 0.5) is 0 Å². The average molecular weight is 318 g/mol. The summed E-state index contributed by atoms with van der Waals surface area (Å²) in [6.45, 7) is 0.778. The van der Waals surface area contributed by atoms with Crippen LogP contribution in [0.25, 0.3) is 0 Å². The highest BCUT2D eigenvalue weighted by Crippen LogP contribution is 2.27. The quantitative estimate of drug-likeness (QED) is 0.832. The lowest BCUT2D eigenvalue weighted by molar-refractivity contribution is -0.0660. The molecule has 0 aliphatic carbocycles. The normalized spacial score (nSPS) is 24.0. The van der Waals surface area contributed by atoms with Crippen molar-refractivity contribution in [2.45, 2.75) is 31.5 Å². The summed E-state index contributed by atoms with van der Waals surface area (Å²) in [5.74, 6) is 0. The van der Waals surface area contributed by atoms with Gasteiger partial charge in [-0.25, -0.2) is 4.79 Å². The molecule has 3 rings (SSSR count). The number of aromatic amines is 1. The second-order valence-corrected chi connectivity index (χ2v) is 5.47. The van der Waals surface area contributed by atoms with Crippen LogP contribution >= 0.6 is 0 Å². The van der Waals surface area contributed by atoms with E-state index in [-0.39, 0.29) is 6.10 Å². The molecule has 1 aromatic heterocycles. The lowest BCUT2D eigenvalue weighted by atomic mass is 10.2. The fourth-order valence-electron chi connectivity index (χ4n) is 2.60. The Morgan fingerprint density at radius 1 is 1.26 bits per heavy atom. The monoisotopic (exact) mass is 318 g/mol. The average Bonchev–Trinajstić information content (AvgIpc) is 2.89. The van der Waals surface area contributed by atoms with Crippen molar-refractivity contribution in [1.82, 2.24) is 9.55 Å². The molecule has 0 radical (unpaired) electrons. The SMILES string of the molecule is O=c1ccn(C2OC(COCc3ccccc3)CC2O)c(=O)[nH]1. The summed E-state index contributed by atoms with van der Waals surface area (Å²) in [5, 5.41) is 10.1. The summed E-state index contributed by atoms with van der Waals surface area (Å²) in [6.07, 6.45) is -0.265. The van der Waals surface area contributed by atoms with Crippen molar-refractivity contribution in [1.29, 1.82) is 0 Å². The van der Waals surface area contributed by atoms with Crippen molar-refractivity contribution in [2.75, 3.05) is 6.61 Å². The molecule has 0 bridgehead atoms. The van der Waals surface area contributed by atoms with E-state index in [0.29, 0.717) is 19.6 Å². The number of rotatable bonds is 5. The number of H-pyrrole nitrogens is 1. The molecule has 0 saturated carbocycles. The number of hydrogen-bond donors (Lipinski definition) is 2. The molecule has 2 aromatic rings. The van der Waals surface area contributed by atoms with Crippen molar-refractivity contribution >= 4 is 0 Å². The van der Waals surface area contributed by atoms with Gasteiger partial charge in [0.05, 0.1) is 19.3 Å². The van der Waals surface area contributed by atoms with E-state index in [1.165, 1.54) is 16.8 Å². The molecule has 0 spiro atoms. The zero-order chi connectivity index (χ0) is 16.2. The minimum atomic E-state index is -0.830. The smallest absolute Gasteiger partial charge is 0.330 e. The molecule has 0 amide bonds. The summed E-state index contributed by atoms with van der Waals surface area (Å²) >= 11 is 0. The van der Waals surface area contributed by atoms with E-state index in [4.69, 9.17) is 9.47 Å². The summed E-state index contributed by atoms with van der Waals surface area (Å²) in [7, 11) is 0. The van der Waals surface area contributed by atoms with E-state index in [9.17, 15) is 14.7 Å². The summed E-state index contributed by atoms with van der Waals surface area (Å²) in [5.41, 5.74) is -0.0339. The number of aliphatic hydroxyl groups excluding tert-OH is 1. The Hall–Kier alpha value is -2.22.